The first kappa shape index (κ1) is 25.8. The van der Waals surface area contributed by atoms with E-state index in [4.69, 9.17) is 14.3 Å². The molecule has 0 saturated carbocycles. The normalized spacial score (nSPS) is 13.1. The molecule has 1 amide bonds. The van der Waals surface area contributed by atoms with Gasteiger partial charge in [0.25, 0.3) is 11.8 Å². The number of nitrogens with one attached hydrogen (secondary N) is 2. The summed E-state index contributed by atoms with van der Waals surface area (Å²) in [6.07, 6.45) is -3.83. The first-order valence-electron chi connectivity index (χ1n) is 9.53. The number of nitrogens with zero attached hydrogens (tertiary/aromatic N) is 2. The molecule has 1 heterocycles. The SMILES string of the molecule is COc1cc(F)cc(F)c1Oc1nnc(C(F)(F)F)c(C)c1C(=O)Nc1cccc(S(C)(=N)=O)c1. The van der Waals surface area contributed by atoms with E-state index in [9.17, 15) is 31.0 Å². The molecule has 0 fully saturated rings. The van der Waals surface area contributed by atoms with Gasteiger partial charge in [-0.05, 0) is 30.7 Å². The van der Waals surface area contributed by atoms with Crippen LogP contribution in [-0.4, -0.2) is 33.7 Å². The lowest BCUT2D eigenvalue weighted by molar-refractivity contribution is -0.142. The Hall–Kier alpha value is -3.81. The van der Waals surface area contributed by atoms with Crippen molar-refractivity contribution >= 4 is 21.3 Å². The van der Waals surface area contributed by atoms with E-state index in [-0.39, 0.29) is 10.6 Å². The number of methoxy groups -OCH3 is 1. The van der Waals surface area contributed by atoms with Crippen LogP contribution in [0, 0.1) is 23.3 Å². The van der Waals surface area contributed by atoms with Crippen LogP contribution in [-0.2, 0) is 15.9 Å². The zero-order valence-electron chi connectivity index (χ0n) is 18.3. The second kappa shape index (κ2) is 9.44. The number of hydrogen-bond donors (Lipinski definition) is 2. The molecule has 0 aliphatic carbocycles. The molecule has 8 nitrogen and oxygen atoms in total. The van der Waals surface area contributed by atoms with E-state index in [1.54, 1.807) is 0 Å². The van der Waals surface area contributed by atoms with Crippen molar-refractivity contribution in [1.82, 2.24) is 10.2 Å². The van der Waals surface area contributed by atoms with Crippen molar-refractivity contribution in [3.8, 4) is 17.4 Å². The second-order valence-corrected chi connectivity index (χ2v) is 9.36. The van der Waals surface area contributed by atoms with E-state index in [0.717, 1.165) is 26.4 Å². The molecule has 0 aliphatic heterocycles. The zero-order chi connectivity index (χ0) is 26.1. The zero-order valence-corrected chi connectivity index (χ0v) is 19.1. The Kier molecular flexibility index (Phi) is 6.96. The molecule has 1 atom stereocenters. The van der Waals surface area contributed by atoms with E-state index in [2.05, 4.69) is 15.5 Å². The van der Waals surface area contributed by atoms with Crippen LogP contribution in [0.25, 0.3) is 0 Å². The van der Waals surface area contributed by atoms with Crippen molar-refractivity contribution < 1.29 is 40.4 Å². The van der Waals surface area contributed by atoms with E-state index in [1.807, 2.05) is 0 Å². The van der Waals surface area contributed by atoms with Crippen LogP contribution in [0.1, 0.15) is 21.6 Å². The fourth-order valence-corrected chi connectivity index (χ4v) is 3.69. The topological polar surface area (TPSA) is 114 Å². The van der Waals surface area contributed by atoms with Gasteiger partial charge in [-0.25, -0.2) is 17.8 Å². The fraction of sp³-hybridized carbons (Fsp3) is 0.190. The number of aromatic nitrogens is 2. The summed E-state index contributed by atoms with van der Waals surface area (Å²) in [4.78, 5) is 13.1. The summed E-state index contributed by atoms with van der Waals surface area (Å²) < 4.78 is 98.0. The van der Waals surface area contributed by atoms with E-state index in [0.29, 0.717) is 6.07 Å². The third-order valence-electron chi connectivity index (χ3n) is 4.62. The molecule has 0 spiro atoms. The van der Waals surface area contributed by atoms with Crippen LogP contribution in [0.15, 0.2) is 41.3 Å². The number of ether oxygens (including phenoxy) is 2. The highest BCUT2D eigenvalue weighted by Gasteiger charge is 2.38. The van der Waals surface area contributed by atoms with Crippen LogP contribution in [0.2, 0.25) is 0 Å². The van der Waals surface area contributed by atoms with Gasteiger partial charge >= 0.3 is 6.18 Å². The Morgan fingerprint density at radius 1 is 1.14 bits per heavy atom. The molecule has 0 aliphatic rings. The summed E-state index contributed by atoms with van der Waals surface area (Å²) in [6.45, 7) is 0.941. The smallest absolute Gasteiger partial charge is 0.435 e. The maximum atomic E-state index is 14.4. The van der Waals surface area contributed by atoms with Crippen LogP contribution in [0.5, 0.6) is 17.4 Å². The standard InChI is InChI=1S/C21H17F5N4O4S/c1-10-16(19(31)28-12-5-4-6-13(9-12)35(3,27)32)20(30-29-18(10)21(24,25)26)34-17-14(23)7-11(22)8-15(17)33-2/h4-9,27H,1-3H3,(H,28,31). The van der Waals surface area contributed by atoms with Gasteiger partial charge < -0.3 is 14.8 Å². The molecule has 2 N–H and O–H groups in total. The lowest BCUT2D eigenvalue weighted by atomic mass is 10.1. The largest absolute Gasteiger partial charge is 0.493 e. The molecule has 3 rings (SSSR count). The van der Waals surface area contributed by atoms with Crippen molar-refractivity contribution in [1.29, 1.82) is 4.78 Å². The van der Waals surface area contributed by atoms with Crippen LogP contribution in [0.4, 0.5) is 27.6 Å². The van der Waals surface area contributed by atoms with Crippen LogP contribution in [0.3, 0.4) is 0 Å². The molecule has 1 aromatic heterocycles. The van der Waals surface area contributed by atoms with E-state index in [1.165, 1.54) is 24.3 Å². The molecule has 0 bridgehead atoms. The Bertz CT molecular complexity index is 1410. The molecular weight excluding hydrogens is 499 g/mol. The molecular formula is C21H17F5N4O4S. The minimum absolute atomic E-state index is 0.00980. The monoisotopic (exact) mass is 516 g/mol. The van der Waals surface area contributed by atoms with Gasteiger partial charge in [-0.15, -0.1) is 10.2 Å². The van der Waals surface area contributed by atoms with Gasteiger partial charge in [0.2, 0.25) is 5.75 Å². The number of rotatable bonds is 6. The third kappa shape index (κ3) is 5.65. The highest BCUT2D eigenvalue weighted by Crippen LogP contribution is 2.38. The molecule has 186 valence electrons. The molecule has 0 radical (unpaired) electrons. The maximum absolute atomic E-state index is 14.4. The number of halogens is 5. The van der Waals surface area contributed by atoms with Crippen LogP contribution >= 0.6 is 0 Å². The second-order valence-electron chi connectivity index (χ2n) is 7.20. The van der Waals surface area contributed by atoms with Gasteiger partial charge in [0.1, 0.15) is 11.4 Å². The van der Waals surface area contributed by atoms with Crippen LogP contribution < -0.4 is 14.8 Å². The summed E-state index contributed by atoms with van der Waals surface area (Å²) in [5.74, 6) is -5.43. The summed E-state index contributed by atoms with van der Waals surface area (Å²) in [5.41, 5.74) is -2.90. The number of amides is 1. The van der Waals surface area contributed by atoms with Gasteiger partial charge in [-0.1, -0.05) is 6.07 Å². The lowest BCUT2D eigenvalue weighted by Gasteiger charge is -2.17. The fourth-order valence-electron chi connectivity index (χ4n) is 3.00. The Balaban J connectivity index is 2.13. The van der Waals surface area contributed by atoms with Gasteiger partial charge in [0, 0.05) is 29.0 Å². The van der Waals surface area contributed by atoms with Gasteiger partial charge in [0.15, 0.2) is 17.3 Å². The molecule has 0 saturated heterocycles. The van der Waals surface area contributed by atoms with E-state index < -0.39 is 67.6 Å². The minimum atomic E-state index is -4.98. The Morgan fingerprint density at radius 3 is 2.43 bits per heavy atom. The summed E-state index contributed by atoms with van der Waals surface area (Å²) >= 11 is 0. The van der Waals surface area contributed by atoms with Gasteiger partial charge in [-0.3, -0.25) is 4.79 Å². The predicted octanol–water partition coefficient (Wildman–Crippen LogP) is 5.17. The number of anilines is 1. The molecule has 3 aromatic rings. The van der Waals surface area contributed by atoms with Crippen molar-refractivity contribution in [2.45, 2.75) is 18.0 Å². The first-order valence-corrected chi connectivity index (χ1v) is 11.5. The molecule has 2 aromatic carbocycles. The quantitative estimate of drug-likeness (QED) is 0.437. The highest BCUT2D eigenvalue weighted by molar-refractivity contribution is 7.91. The maximum Gasteiger partial charge on any atom is 0.435 e. The average Bonchev–Trinajstić information content (AvgIpc) is 2.74. The summed E-state index contributed by atoms with van der Waals surface area (Å²) in [7, 11) is -2.09. The van der Waals surface area contributed by atoms with E-state index >= 15 is 0 Å². The van der Waals surface area contributed by atoms with Crippen molar-refractivity contribution in [3.63, 3.8) is 0 Å². The first-order chi connectivity index (χ1) is 16.2. The average molecular weight is 516 g/mol. The van der Waals surface area contributed by atoms with Gasteiger partial charge in [0.05, 0.1) is 16.8 Å². The summed E-state index contributed by atoms with van der Waals surface area (Å²) in [6, 6.07) is 6.53. The van der Waals surface area contributed by atoms with Gasteiger partial charge in [-0.2, -0.15) is 13.2 Å². The predicted molar refractivity (Wildman–Crippen MR) is 114 cm³/mol. The Morgan fingerprint density at radius 2 is 1.83 bits per heavy atom. The third-order valence-corrected chi connectivity index (χ3v) is 5.77. The number of carbonyl (C=O) groups excluding carboxylic acids is 1. The van der Waals surface area contributed by atoms with Crippen molar-refractivity contribution in [2.75, 3.05) is 18.7 Å². The number of carbonyl (C=O) groups is 1. The lowest BCUT2D eigenvalue weighted by Crippen LogP contribution is -2.21. The number of hydrogen-bond acceptors (Lipinski definition) is 7. The molecule has 1 unspecified atom stereocenters. The molecule has 14 heteroatoms. The van der Waals surface area contributed by atoms with Crippen molar-refractivity contribution in [3.05, 3.63) is 64.9 Å². The summed E-state index contributed by atoms with van der Waals surface area (Å²) in [5, 5.41) is 8.70. The molecule has 35 heavy (non-hydrogen) atoms. The van der Waals surface area contributed by atoms with Crippen molar-refractivity contribution in [2.24, 2.45) is 0 Å². The highest BCUT2D eigenvalue weighted by atomic mass is 32.2. The Labute approximate surface area is 196 Å². The number of alkyl halides is 3. The number of benzene rings is 2. The minimum Gasteiger partial charge on any atom is -0.493 e.